The first-order valence-electron chi connectivity index (χ1n) is 33.6. The maximum absolute atomic E-state index is 13.5. The van der Waals surface area contributed by atoms with Crippen molar-refractivity contribution in [1.82, 2.24) is 5.32 Å². The number of hydrogen-bond donors (Lipinski definition) is 3. The van der Waals surface area contributed by atoms with E-state index in [9.17, 15) is 9.59 Å². The number of fused-ring (bicyclic) bond motifs is 10. The largest absolute Gasteiger partial charge is 0.462 e. The van der Waals surface area contributed by atoms with Crippen LogP contribution < -0.4 is 16.8 Å². The maximum atomic E-state index is 13.5. The number of esters is 1. The van der Waals surface area contributed by atoms with Gasteiger partial charge in [-0.15, -0.1) is 0 Å². The number of nitrogens with one attached hydrogen (secondary N) is 1. The van der Waals surface area contributed by atoms with Crippen LogP contribution in [0.2, 0.25) is 0 Å². The number of hydrogen-bond acceptors (Lipinski definition) is 6. The number of carbonyl (C=O) groups is 2. The van der Waals surface area contributed by atoms with Gasteiger partial charge in [0, 0.05) is 45.1 Å². The number of ether oxygens (including phenoxy) is 2. The molecule has 440 valence electrons. The zero-order valence-corrected chi connectivity index (χ0v) is 51.7. The van der Waals surface area contributed by atoms with Gasteiger partial charge in [-0.1, -0.05) is 131 Å². The Morgan fingerprint density at radius 2 is 1.03 bits per heavy atom. The highest BCUT2D eigenvalue weighted by molar-refractivity contribution is 5.69. The molecule has 8 aliphatic rings. The van der Waals surface area contributed by atoms with Gasteiger partial charge in [-0.3, -0.25) is 4.79 Å². The highest BCUT2D eigenvalue weighted by Crippen LogP contribution is 2.69. The molecular formula is C69H121N4O4+. The molecule has 0 aromatic heterocycles. The number of quaternary nitrogens is 1. The normalized spacial score (nSPS) is 37.3. The fourth-order valence-corrected chi connectivity index (χ4v) is 20.8. The highest BCUT2D eigenvalue weighted by Gasteiger charge is 2.61. The SMILES string of the molecule is CC(C)CCCC(C)C1CCC2C3CC=C4CC(OC(=O)CCCC[N+](CCCN)(CCCN)CCCNC(=O)OC5CCC6(C)C(=CCC7C6CCC6(C)C(C(C)CCCC(C)C)CCC76)C5)CCC4(C)C3CCC12C. The summed E-state index contributed by atoms with van der Waals surface area (Å²) in [6.45, 7) is 31.1. The summed E-state index contributed by atoms with van der Waals surface area (Å²) in [5, 5.41) is 3.17. The topological polar surface area (TPSA) is 117 Å². The van der Waals surface area contributed by atoms with Crippen LogP contribution in [0.3, 0.4) is 0 Å². The van der Waals surface area contributed by atoms with Crippen molar-refractivity contribution in [3.8, 4) is 0 Å². The molecule has 77 heavy (non-hydrogen) atoms. The summed E-state index contributed by atoms with van der Waals surface area (Å²) in [7, 11) is 0. The van der Waals surface area contributed by atoms with Crippen molar-refractivity contribution in [2.45, 2.75) is 261 Å². The Labute approximate surface area is 473 Å². The van der Waals surface area contributed by atoms with Crippen LogP contribution in [0.5, 0.6) is 0 Å². The second-order valence-corrected chi connectivity index (χ2v) is 30.5. The zero-order valence-electron chi connectivity index (χ0n) is 51.7. The Balaban J connectivity index is 0.759. The summed E-state index contributed by atoms with van der Waals surface area (Å²) >= 11 is 0. The minimum Gasteiger partial charge on any atom is -0.462 e. The minimum atomic E-state index is -0.260. The molecule has 0 aromatic carbocycles. The fraction of sp³-hybridized carbons (Fsp3) is 0.913. The van der Waals surface area contributed by atoms with Gasteiger partial charge in [0.25, 0.3) is 0 Å². The summed E-state index contributed by atoms with van der Waals surface area (Å²) in [4.78, 5) is 27.0. The smallest absolute Gasteiger partial charge is 0.407 e. The lowest BCUT2D eigenvalue weighted by Gasteiger charge is -2.58. The maximum Gasteiger partial charge on any atom is 0.407 e. The predicted molar refractivity (Wildman–Crippen MR) is 320 cm³/mol. The Morgan fingerprint density at radius 1 is 0.558 bits per heavy atom. The Hall–Kier alpha value is -1.90. The van der Waals surface area contributed by atoms with E-state index in [2.05, 4.69) is 86.7 Å². The molecule has 5 N–H and O–H groups in total. The van der Waals surface area contributed by atoms with Gasteiger partial charge in [0.2, 0.25) is 0 Å². The third-order valence-corrected chi connectivity index (χ3v) is 25.1. The van der Waals surface area contributed by atoms with Gasteiger partial charge in [0.15, 0.2) is 0 Å². The van der Waals surface area contributed by atoms with Crippen molar-refractivity contribution in [2.24, 2.45) is 104 Å². The second kappa shape index (κ2) is 26.6. The van der Waals surface area contributed by atoms with E-state index in [1.807, 2.05) is 0 Å². The third kappa shape index (κ3) is 13.6. The van der Waals surface area contributed by atoms with E-state index in [4.69, 9.17) is 20.9 Å². The molecule has 6 fully saturated rings. The molecule has 16 unspecified atom stereocenters. The number of carbonyl (C=O) groups excluding carboxylic acids is 2. The molecule has 0 aliphatic heterocycles. The number of allylic oxidation sites excluding steroid dienone is 2. The summed E-state index contributed by atoms with van der Waals surface area (Å²) in [6, 6.07) is 0. The number of unbranched alkanes of at least 4 members (excludes halogenated alkanes) is 1. The zero-order chi connectivity index (χ0) is 55.2. The van der Waals surface area contributed by atoms with Crippen LogP contribution in [-0.2, 0) is 14.3 Å². The molecule has 0 aromatic rings. The quantitative estimate of drug-likeness (QED) is 0.0327. The molecule has 16 atom stereocenters. The summed E-state index contributed by atoms with van der Waals surface area (Å²) in [5.74, 6) is 9.97. The van der Waals surface area contributed by atoms with Gasteiger partial charge >= 0.3 is 12.1 Å². The van der Waals surface area contributed by atoms with Crippen molar-refractivity contribution in [3.05, 3.63) is 23.3 Å². The van der Waals surface area contributed by atoms with Gasteiger partial charge in [-0.2, -0.15) is 0 Å². The molecule has 8 nitrogen and oxygen atoms in total. The summed E-state index contributed by atoms with van der Waals surface area (Å²) in [5.41, 5.74) is 17.0. The van der Waals surface area contributed by atoms with Crippen LogP contribution in [0, 0.1) is 92.7 Å². The van der Waals surface area contributed by atoms with Crippen molar-refractivity contribution in [3.63, 3.8) is 0 Å². The molecule has 6 saturated carbocycles. The average Bonchev–Trinajstić information content (AvgIpc) is 3.95. The lowest BCUT2D eigenvalue weighted by molar-refractivity contribution is -0.928. The fourth-order valence-electron chi connectivity index (χ4n) is 20.8. The van der Waals surface area contributed by atoms with E-state index in [0.29, 0.717) is 36.9 Å². The molecular weight excluding hydrogens is 949 g/mol. The van der Waals surface area contributed by atoms with Gasteiger partial charge < -0.3 is 30.7 Å². The van der Waals surface area contributed by atoms with Crippen LogP contribution in [0.4, 0.5) is 4.79 Å². The monoisotopic (exact) mass is 1070 g/mol. The van der Waals surface area contributed by atoms with Gasteiger partial charge in [0.1, 0.15) is 12.2 Å². The molecule has 1 amide bonds. The van der Waals surface area contributed by atoms with Crippen LogP contribution in [0.15, 0.2) is 23.3 Å². The summed E-state index contributed by atoms with van der Waals surface area (Å²) < 4.78 is 13.5. The second-order valence-electron chi connectivity index (χ2n) is 30.5. The molecule has 0 spiro atoms. The van der Waals surface area contributed by atoms with Gasteiger partial charge in [-0.25, -0.2) is 4.79 Å². The first-order valence-corrected chi connectivity index (χ1v) is 33.6. The minimum absolute atomic E-state index is 0.0140. The number of rotatable bonds is 27. The van der Waals surface area contributed by atoms with Crippen LogP contribution >= 0.6 is 0 Å². The lowest BCUT2D eigenvalue weighted by atomic mass is 9.47. The van der Waals surface area contributed by atoms with E-state index in [1.54, 1.807) is 11.1 Å². The Bertz CT molecular complexity index is 1840. The average molecular weight is 1070 g/mol. The molecule has 0 bridgehead atoms. The van der Waals surface area contributed by atoms with Crippen LogP contribution in [0.1, 0.15) is 249 Å². The van der Waals surface area contributed by atoms with Crippen molar-refractivity contribution < 1.29 is 23.5 Å². The number of amides is 1. The number of alkyl carbamates (subject to hydrolysis) is 1. The predicted octanol–water partition coefficient (Wildman–Crippen LogP) is 16.2. The first-order chi connectivity index (χ1) is 36.8. The number of nitrogens with two attached hydrogens (primary N) is 2. The molecule has 0 radical (unpaired) electrons. The third-order valence-electron chi connectivity index (χ3n) is 25.1. The first kappa shape index (κ1) is 61.2. The van der Waals surface area contributed by atoms with Crippen molar-refractivity contribution in [2.75, 3.05) is 45.8 Å². The number of nitrogens with zero attached hydrogens (tertiary/aromatic N) is 1. The van der Waals surface area contributed by atoms with E-state index in [1.165, 1.54) is 103 Å². The van der Waals surface area contributed by atoms with E-state index < -0.39 is 0 Å². The van der Waals surface area contributed by atoms with Crippen molar-refractivity contribution >= 4 is 12.1 Å². The van der Waals surface area contributed by atoms with Gasteiger partial charge in [-0.05, 0) is 208 Å². The van der Waals surface area contributed by atoms with Crippen molar-refractivity contribution in [1.29, 1.82) is 0 Å². The molecule has 8 aliphatic carbocycles. The Morgan fingerprint density at radius 3 is 1.51 bits per heavy atom. The molecule has 0 heterocycles. The molecule has 8 heteroatoms. The van der Waals surface area contributed by atoms with Gasteiger partial charge in [0.05, 0.1) is 26.2 Å². The van der Waals surface area contributed by atoms with E-state index >= 15 is 0 Å². The van der Waals surface area contributed by atoms with E-state index in [-0.39, 0.29) is 35.1 Å². The Kier molecular flexibility index (Phi) is 21.1. The highest BCUT2D eigenvalue weighted by atomic mass is 16.6. The van der Waals surface area contributed by atoms with E-state index in [0.717, 1.165) is 172 Å². The van der Waals surface area contributed by atoms with Crippen LogP contribution in [0.25, 0.3) is 0 Å². The lowest BCUT2D eigenvalue weighted by Crippen LogP contribution is -2.52. The standard InChI is InChI=1S/C69H120N4O4/c1-48(2)18-13-20-50(5)58-27-29-60-56-25-23-52-46-54(31-35-66(52,7)62(56)33-37-68(58,60)9)76-64(74)22-11-12-42-73(43-15-39-70,44-16-40-71)45-17-41-72-65(75)77-55-32-36-67(8)53(47-55)24-26-57-61-30-28-59(51(6)21-14-19-49(3)4)69(61,10)38-34-63(57)67/h23-24,48-51,54-63H,11-22,25-47,70-71H2,1-10H3/p+1. The van der Waals surface area contributed by atoms with Crippen LogP contribution in [-0.4, -0.2) is 74.6 Å². The molecule has 0 saturated heterocycles. The molecule has 8 rings (SSSR count). The summed E-state index contributed by atoms with van der Waals surface area (Å²) in [6.07, 6.45) is 38.2.